The predicted molar refractivity (Wildman–Crippen MR) is 118 cm³/mol. The number of nitrogens with one attached hydrogen (secondary N) is 1. The first-order chi connectivity index (χ1) is 12.3. The number of morpholine rings is 1. The molecule has 1 fully saturated rings. The Hall–Kier alpha value is -0.800. The lowest BCUT2D eigenvalue weighted by Crippen LogP contribution is -2.40. The third-order valence-corrected chi connectivity index (χ3v) is 4.44. The van der Waals surface area contributed by atoms with Gasteiger partial charge in [-0.25, -0.2) is 0 Å². The van der Waals surface area contributed by atoms with E-state index >= 15 is 0 Å². The number of rotatable bonds is 10. The molecule has 2 heterocycles. The Morgan fingerprint density at radius 1 is 1.31 bits per heavy atom. The average Bonchev–Trinajstić information content (AvgIpc) is 3.16. The summed E-state index contributed by atoms with van der Waals surface area (Å²) in [5, 5.41) is 3.49. The van der Waals surface area contributed by atoms with Crippen LogP contribution in [-0.4, -0.2) is 75.3 Å². The van der Waals surface area contributed by atoms with Crippen LogP contribution in [0.1, 0.15) is 31.9 Å². The highest BCUT2D eigenvalue weighted by molar-refractivity contribution is 14.0. The summed E-state index contributed by atoms with van der Waals surface area (Å²) in [6.07, 6.45) is 6.07. The fourth-order valence-corrected chi connectivity index (χ4v) is 2.87. The second kappa shape index (κ2) is 14.3. The number of unbranched alkanes of at least 4 members (excludes halogenated alkanes) is 1. The van der Waals surface area contributed by atoms with E-state index in [4.69, 9.17) is 14.1 Å². The quantitative estimate of drug-likeness (QED) is 0.243. The Labute approximate surface area is 175 Å². The Morgan fingerprint density at radius 3 is 2.81 bits per heavy atom. The predicted octanol–water partition coefficient (Wildman–Crippen LogP) is 2.84. The normalized spacial score (nSPS) is 15.5. The number of hydrogen-bond donors (Lipinski definition) is 1. The second-order valence-corrected chi connectivity index (χ2v) is 6.54. The monoisotopic (exact) mass is 478 g/mol. The fourth-order valence-electron chi connectivity index (χ4n) is 2.87. The lowest BCUT2D eigenvalue weighted by Gasteiger charge is -2.26. The first-order valence-corrected chi connectivity index (χ1v) is 9.61. The summed E-state index contributed by atoms with van der Waals surface area (Å²) in [6, 6.07) is 3.95. The fraction of sp³-hybridized carbons (Fsp3) is 0.737. The van der Waals surface area contributed by atoms with E-state index in [0.717, 1.165) is 77.0 Å². The van der Waals surface area contributed by atoms with E-state index in [0.29, 0.717) is 0 Å². The van der Waals surface area contributed by atoms with Crippen molar-refractivity contribution in [1.82, 2.24) is 15.1 Å². The first-order valence-electron chi connectivity index (χ1n) is 9.61. The molecule has 1 saturated heterocycles. The zero-order valence-electron chi connectivity index (χ0n) is 16.3. The number of nitrogens with zero attached hydrogens (tertiary/aromatic N) is 3. The molecule has 0 amide bonds. The Morgan fingerprint density at radius 2 is 2.12 bits per heavy atom. The molecule has 1 aliphatic heterocycles. The molecule has 0 atom stereocenters. The van der Waals surface area contributed by atoms with Crippen LogP contribution < -0.4 is 5.32 Å². The summed E-state index contributed by atoms with van der Waals surface area (Å²) in [4.78, 5) is 9.52. The number of hydrogen-bond acceptors (Lipinski definition) is 4. The summed E-state index contributed by atoms with van der Waals surface area (Å²) >= 11 is 0. The summed E-state index contributed by atoms with van der Waals surface area (Å²) in [7, 11) is 2.12. The van der Waals surface area contributed by atoms with Crippen LogP contribution in [0.25, 0.3) is 0 Å². The van der Waals surface area contributed by atoms with Gasteiger partial charge in [0.2, 0.25) is 0 Å². The van der Waals surface area contributed by atoms with Crippen molar-refractivity contribution in [2.24, 2.45) is 4.99 Å². The molecule has 0 spiro atoms. The van der Waals surface area contributed by atoms with Crippen LogP contribution in [0.5, 0.6) is 0 Å². The van der Waals surface area contributed by atoms with Crippen molar-refractivity contribution in [3.63, 3.8) is 0 Å². The molecule has 0 aromatic carbocycles. The van der Waals surface area contributed by atoms with Crippen LogP contribution in [0.3, 0.4) is 0 Å². The van der Waals surface area contributed by atoms with E-state index in [1.807, 2.05) is 12.1 Å². The van der Waals surface area contributed by atoms with Crippen molar-refractivity contribution in [2.75, 3.05) is 59.5 Å². The highest BCUT2D eigenvalue weighted by atomic mass is 127. The minimum absolute atomic E-state index is 0. The molecule has 6 nitrogen and oxygen atoms in total. The molecule has 2 rings (SSSR count). The molecule has 1 aliphatic rings. The van der Waals surface area contributed by atoms with Crippen molar-refractivity contribution in [2.45, 2.75) is 32.6 Å². The molecule has 7 heteroatoms. The molecule has 1 N–H and O–H groups in total. The molecular weight excluding hydrogens is 443 g/mol. The number of ether oxygens (including phenoxy) is 1. The molecule has 1 aromatic rings. The third kappa shape index (κ3) is 9.23. The summed E-state index contributed by atoms with van der Waals surface area (Å²) < 4.78 is 10.8. The Kier molecular flexibility index (Phi) is 12.8. The maximum atomic E-state index is 5.40. The van der Waals surface area contributed by atoms with E-state index in [1.165, 1.54) is 12.8 Å². The molecule has 150 valence electrons. The van der Waals surface area contributed by atoms with Crippen molar-refractivity contribution < 1.29 is 9.15 Å². The maximum Gasteiger partial charge on any atom is 0.193 e. The van der Waals surface area contributed by atoms with Gasteiger partial charge >= 0.3 is 0 Å². The van der Waals surface area contributed by atoms with Crippen LogP contribution >= 0.6 is 24.0 Å². The molecule has 26 heavy (non-hydrogen) atoms. The lowest BCUT2D eigenvalue weighted by atomic mass is 10.3. The van der Waals surface area contributed by atoms with Gasteiger partial charge in [-0.1, -0.05) is 13.3 Å². The van der Waals surface area contributed by atoms with Crippen molar-refractivity contribution in [1.29, 1.82) is 0 Å². The summed E-state index contributed by atoms with van der Waals surface area (Å²) in [5.74, 6) is 2.01. The van der Waals surface area contributed by atoms with Crippen molar-refractivity contribution in [3.05, 3.63) is 24.2 Å². The Balaban J connectivity index is 0.00000338. The maximum absolute atomic E-state index is 5.40. The molecule has 1 aromatic heterocycles. The summed E-state index contributed by atoms with van der Waals surface area (Å²) in [5.41, 5.74) is 0. The first kappa shape index (κ1) is 23.2. The van der Waals surface area contributed by atoms with E-state index in [-0.39, 0.29) is 24.0 Å². The highest BCUT2D eigenvalue weighted by Crippen LogP contribution is 2.01. The van der Waals surface area contributed by atoms with Crippen LogP contribution in [0, 0.1) is 0 Å². The number of aliphatic imine (C=N–C) groups is 1. The second-order valence-electron chi connectivity index (χ2n) is 6.54. The Bertz CT molecular complexity index is 476. The van der Waals surface area contributed by atoms with Crippen molar-refractivity contribution in [3.8, 4) is 0 Å². The van der Waals surface area contributed by atoms with Crippen molar-refractivity contribution >= 4 is 29.9 Å². The third-order valence-electron chi connectivity index (χ3n) is 4.44. The number of furan rings is 1. The molecule has 0 unspecified atom stereocenters. The van der Waals surface area contributed by atoms with Gasteiger partial charge in [0.15, 0.2) is 5.96 Å². The van der Waals surface area contributed by atoms with Gasteiger partial charge in [0.25, 0.3) is 0 Å². The standard InChI is InChI=1S/C19H34N4O2.HI/c1-3-4-11-22(2)19(21-10-8-18-7-5-15-25-18)20-9-6-12-23-13-16-24-17-14-23;/h5,7,15H,3-4,6,8-14,16-17H2,1-2H3,(H,20,21);1H. The number of guanidine groups is 1. The largest absolute Gasteiger partial charge is 0.469 e. The SMILES string of the molecule is CCCCN(C)C(=NCCCN1CCOCC1)NCCc1ccco1.I. The zero-order valence-corrected chi connectivity index (χ0v) is 18.6. The van der Waals surface area contributed by atoms with E-state index in [9.17, 15) is 0 Å². The van der Waals surface area contributed by atoms with Gasteiger partial charge in [-0.15, -0.1) is 24.0 Å². The van der Waals surface area contributed by atoms with Gasteiger partial charge < -0.3 is 19.4 Å². The lowest BCUT2D eigenvalue weighted by molar-refractivity contribution is 0.0377. The van der Waals surface area contributed by atoms with Gasteiger partial charge in [0.05, 0.1) is 19.5 Å². The molecular formula is C19H35IN4O2. The van der Waals surface area contributed by atoms with Crippen LogP contribution in [-0.2, 0) is 11.2 Å². The van der Waals surface area contributed by atoms with E-state index in [1.54, 1.807) is 6.26 Å². The van der Waals surface area contributed by atoms with Gasteiger partial charge in [0.1, 0.15) is 5.76 Å². The van der Waals surface area contributed by atoms with Gasteiger partial charge in [-0.3, -0.25) is 9.89 Å². The van der Waals surface area contributed by atoms with Gasteiger partial charge in [-0.05, 0) is 25.0 Å². The van der Waals surface area contributed by atoms with Gasteiger partial charge in [0, 0.05) is 52.7 Å². The molecule has 0 saturated carbocycles. The van der Waals surface area contributed by atoms with Crippen LogP contribution in [0.4, 0.5) is 0 Å². The van der Waals surface area contributed by atoms with Gasteiger partial charge in [-0.2, -0.15) is 0 Å². The molecule has 0 radical (unpaired) electrons. The van der Waals surface area contributed by atoms with E-state index in [2.05, 4.69) is 29.1 Å². The minimum atomic E-state index is 0. The smallest absolute Gasteiger partial charge is 0.193 e. The molecule has 0 bridgehead atoms. The topological polar surface area (TPSA) is 53.2 Å². The summed E-state index contributed by atoms with van der Waals surface area (Å²) in [6.45, 7) is 9.88. The van der Waals surface area contributed by atoms with E-state index < -0.39 is 0 Å². The van der Waals surface area contributed by atoms with Crippen LogP contribution in [0.2, 0.25) is 0 Å². The van der Waals surface area contributed by atoms with Crippen LogP contribution in [0.15, 0.2) is 27.8 Å². The highest BCUT2D eigenvalue weighted by Gasteiger charge is 2.10. The number of halogens is 1. The average molecular weight is 478 g/mol. The zero-order chi connectivity index (χ0) is 17.7. The minimum Gasteiger partial charge on any atom is -0.469 e. The molecule has 0 aliphatic carbocycles.